The van der Waals surface area contributed by atoms with Crippen LogP contribution in [0.1, 0.15) is 16.0 Å². The number of anilines is 1. The lowest BCUT2D eigenvalue weighted by atomic mass is 10.2. The van der Waals surface area contributed by atoms with Gasteiger partial charge in [-0.3, -0.25) is 4.90 Å². The Kier molecular flexibility index (Phi) is 4.61. The van der Waals surface area contributed by atoms with Crippen LogP contribution >= 0.6 is 11.3 Å². The van der Waals surface area contributed by atoms with Gasteiger partial charge in [-0.1, -0.05) is 12.1 Å². The van der Waals surface area contributed by atoms with Gasteiger partial charge in [-0.05, 0) is 55.0 Å². The molecule has 3 heteroatoms. The SMILES string of the molecule is Cc1cccc(N2CCN(CCc3cc(C)cs3)CC2)c1. The lowest BCUT2D eigenvalue weighted by Gasteiger charge is -2.36. The van der Waals surface area contributed by atoms with E-state index in [0.29, 0.717) is 0 Å². The molecule has 1 aromatic heterocycles. The molecule has 0 atom stereocenters. The highest BCUT2D eigenvalue weighted by Gasteiger charge is 2.17. The van der Waals surface area contributed by atoms with Crippen molar-refractivity contribution in [1.82, 2.24) is 4.90 Å². The van der Waals surface area contributed by atoms with Crippen LogP contribution < -0.4 is 4.90 Å². The Morgan fingerprint density at radius 3 is 2.48 bits per heavy atom. The van der Waals surface area contributed by atoms with Crippen LogP contribution in [0.15, 0.2) is 35.7 Å². The summed E-state index contributed by atoms with van der Waals surface area (Å²) in [7, 11) is 0. The zero-order valence-electron chi connectivity index (χ0n) is 13.0. The average Bonchev–Trinajstić information content (AvgIpc) is 2.91. The summed E-state index contributed by atoms with van der Waals surface area (Å²) in [5, 5.41) is 2.25. The van der Waals surface area contributed by atoms with Gasteiger partial charge >= 0.3 is 0 Å². The number of nitrogens with zero attached hydrogens (tertiary/aromatic N) is 2. The van der Waals surface area contributed by atoms with Crippen LogP contribution in [0.4, 0.5) is 5.69 Å². The number of hydrogen-bond donors (Lipinski definition) is 0. The molecule has 1 fully saturated rings. The van der Waals surface area contributed by atoms with Crippen LogP contribution in [-0.2, 0) is 6.42 Å². The second kappa shape index (κ2) is 6.63. The van der Waals surface area contributed by atoms with E-state index < -0.39 is 0 Å². The maximum Gasteiger partial charge on any atom is 0.0369 e. The molecule has 0 unspecified atom stereocenters. The number of aryl methyl sites for hydroxylation is 2. The topological polar surface area (TPSA) is 6.48 Å². The Balaban J connectivity index is 1.49. The molecular weight excluding hydrogens is 276 g/mol. The van der Waals surface area contributed by atoms with Crippen LogP contribution in [0.2, 0.25) is 0 Å². The summed E-state index contributed by atoms with van der Waals surface area (Å²) in [6, 6.07) is 11.2. The highest BCUT2D eigenvalue weighted by Crippen LogP contribution is 2.19. The Labute approximate surface area is 132 Å². The second-order valence-corrected chi connectivity index (χ2v) is 7.00. The van der Waals surface area contributed by atoms with Gasteiger partial charge in [0, 0.05) is 43.3 Å². The van der Waals surface area contributed by atoms with Crippen LogP contribution in [0.3, 0.4) is 0 Å². The molecule has 0 spiro atoms. The third kappa shape index (κ3) is 3.86. The third-order valence-corrected chi connectivity index (χ3v) is 5.31. The van der Waals surface area contributed by atoms with Crippen LogP contribution in [0, 0.1) is 13.8 Å². The van der Waals surface area contributed by atoms with Crippen molar-refractivity contribution >= 4 is 17.0 Å². The molecule has 112 valence electrons. The van der Waals surface area contributed by atoms with E-state index in [1.807, 2.05) is 11.3 Å². The molecule has 1 aromatic carbocycles. The minimum Gasteiger partial charge on any atom is -0.369 e. The molecule has 0 N–H and O–H groups in total. The Bertz CT molecular complexity index is 582. The minimum absolute atomic E-state index is 1.15. The number of piperazine rings is 1. The summed E-state index contributed by atoms with van der Waals surface area (Å²) < 4.78 is 0. The molecule has 1 aliphatic heterocycles. The summed E-state index contributed by atoms with van der Waals surface area (Å²) >= 11 is 1.90. The summed E-state index contributed by atoms with van der Waals surface area (Å²) in [4.78, 5) is 6.63. The lowest BCUT2D eigenvalue weighted by molar-refractivity contribution is 0.261. The lowest BCUT2D eigenvalue weighted by Crippen LogP contribution is -2.46. The van der Waals surface area contributed by atoms with E-state index in [9.17, 15) is 0 Å². The molecule has 0 saturated carbocycles. The van der Waals surface area contributed by atoms with E-state index in [4.69, 9.17) is 0 Å². The first-order valence-electron chi connectivity index (χ1n) is 7.79. The van der Waals surface area contributed by atoms with Gasteiger partial charge in [-0.25, -0.2) is 0 Å². The molecule has 0 radical (unpaired) electrons. The summed E-state index contributed by atoms with van der Waals surface area (Å²) in [6.07, 6.45) is 1.20. The van der Waals surface area contributed by atoms with Gasteiger partial charge in [-0.15, -0.1) is 11.3 Å². The van der Waals surface area contributed by atoms with E-state index in [-0.39, 0.29) is 0 Å². The molecule has 2 nitrogen and oxygen atoms in total. The zero-order chi connectivity index (χ0) is 14.7. The fourth-order valence-electron chi connectivity index (χ4n) is 2.94. The normalized spacial score (nSPS) is 16.4. The van der Waals surface area contributed by atoms with Crippen LogP contribution in [0.5, 0.6) is 0 Å². The predicted molar refractivity (Wildman–Crippen MR) is 92.6 cm³/mol. The van der Waals surface area contributed by atoms with Crippen molar-refractivity contribution in [1.29, 1.82) is 0 Å². The summed E-state index contributed by atoms with van der Waals surface area (Å²) in [6.45, 7) is 10.2. The monoisotopic (exact) mass is 300 g/mol. The smallest absolute Gasteiger partial charge is 0.0369 e. The molecule has 1 aliphatic rings. The van der Waals surface area contributed by atoms with E-state index in [2.05, 4.69) is 59.4 Å². The van der Waals surface area contributed by atoms with Crippen molar-refractivity contribution in [2.45, 2.75) is 20.3 Å². The number of hydrogen-bond acceptors (Lipinski definition) is 3. The first-order valence-corrected chi connectivity index (χ1v) is 8.67. The van der Waals surface area contributed by atoms with Gasteiger partial charge in [-0.2, -0.15) is 0 Å². The van der Waals surface area contributed by atoms with Gasteiger partial charge in [0.15, 0.2) is 0 Å². The Morgan fingerprint density at radius 1 is 1.00 bits per heavy atom. The van der Waals surface area contributed by atoms with Crippen LogP contribution in [0.25, 0.3) is 0 Å². The third-order valence-electron chi connectivity index (χ3n) is 4.20. The zero-order valence-corrected chi connectivity index (χ0v) is 13.8. The van der Waals surface area contributed by atoms with Crippen molar-refractivity contribution in [3.63, 3.8) is 0 Å². The molecule has 3 rings (SSSR count). The maximum atomic E-state index is 2.60. The molecular formula is C18H24N2S. The molecule has 2 aromatic rings. The van der Waals surface area contributed by atoms with Gasteiger partial charge in [0.2, 0.25) is 0 Å². The Morgan fingerprint density at radius 2 is 1.81 bits per heavy atom. The van der Waals surface area contributed by atoms with Gasteiger partial charge in [0.25, 0.3) is 0 Å². The molecule has 0 aliphatic carbocycles. The van der Waals surface area contributed by atoms with Crippen molar-refractivity contribution in [3.05, 3.63) is 51.7 Å². The molecule has 1 saturated heterocycles. The second-order valence-electron chi connectivity index (χ2n) is 6.01. The highest BCUT2D eigenvalue weighted by molar-refractivity contribution is 7.10. The molecule has 21 heavy (non-hydrogen) atoms. The highest BCUT2D eigenvalue weighted by atomic mass is 32.1. The summed E-state index contributed by atoms with van der Waals surface area (Å²) in [5.74, 6) is 0. The minimum atomic E-state index is 1.15. The van der Waals surface area contributed by atoms with Crippen molar-refractivity contribution < 1.29 is 0 Å². The quantitative estimate of drug-likeness (QED) is 0.849. The Hall–Kier alpha value is -1.32. The number of rotatable bonds is 4. The maximum absolute atomic E-state index is 2.60. The number of thiophene rings is 1. The standard InChI is InChI=1S/C18H24N2S/c1-15-4-3-5-17(12-15)20-10-8-19(9-11-20)7-6-18-13-16(2)14-21-18/h3-5,12-14H,6-11H2,1-2H3. The largest absolute Gasteiger partial charge is 0.369 e. The van der Waals surface area contributed by atoms with Crippen molar-refractivity contribution in [3.8, 4) is 0 Å². The van der Waals surface area contributed by atoms with Crippen molar-refractivity contribution in [2.75, 3.05) is 37.6 Å². The molecule has 2 heterocycles. The van der Waals surface area contributed by atoms with E-state index >= 15 is 0 Å². The van der Waals surface area contributed by atoms with Crippen LogP contribution in [-0.4, -0.2) is 37.6 Å². The molecule has 0 amide bonds. The fraction of sp³-hybridized carbons (Fsp3) is 0.444. The first-order chi connectivity index (χ1) is 10.2. The van der Waals surface area contributed by atoms with Gasteiger partial charge in [0.05, 0.1) is 0 Å². The van der Waals surface area contributed by atoms with E-state index in [1.165, 1.54) is 47.7 Å². The van der Waals surface area contributed by atoms with Crippen molar-refractivity contribution in [2.24, 2.45) is 0 Å². The summed E-state index contributed by atoms with van der Waals surface area (Å²) in [5.41, 5.74) is 4.13. The van der Waals surface area contributed by atoms with E-state index in [1.54, 1.807) is 0 Å². The first kappa shape index (κ1) is 14.6. The van der Waals surface area contributed by atoms with Gasteiger partial charge in [0.1, 0.15) is 0 Å². The van der Waals surface area contributed by atoms with Gasteiger partial charge < -0.3 is 4.90 Å². The fourth-order valence-corrected chi connectivity index (χ4v) is 3.81. The van der Waals surface area contributed by atoms with E-state index in [0.717, 1.165) is 13.1 Å². The molecule has 0 bridgehead atoms. The predicted octanol–water partition coefficient (Wildman–Crippen LogP) is 3.73. The average molecular weight is 300 g/mol. The number of benzene rings is 1.